The summed E-state index contributed by atoms with van der Waals surface area (Å²) >= 11 is 0. The van der Waals surface area contributed by atoms with Gasteiger partial charge in [-0.25, -0.2) is 0 Å². The van der Waals surface area contributed by atoms with Crippen LogP contribution in [0.5, 0.6) is 0 Å². The van der Waals surface area contributed by atoms with Gasteiger partial charge >= 0.3 is 0 Å². The summed E-state index contributed by atoms with van der Waals surface area (Å²) in [6.07, 6.45) is 2.64. The lowest BCUT2D eigenvalue weighted by molar-refractivity contribution is -0.135. The Balaban J connectivity index is 0.000000423. The van der Waals surface area contributed by atoms with E-state index < -0.39 is 0 Å². The van der Waals surface area contributed by atoms with Crippen LogP contribution in [0.3, 0.4) is 0 Å². The SMILES string of the molecule is CC(C)N1CCN(C)C(=O)C1.CCCC. The van der Waals surface area contributed by atoms with E-state index in [0.717, 1.165) is 13.1 Å². The molecule has 15 heavy (non-hydrogen) atoms. The van der Waals surface area contributed by atoms with Crippen LogP contribution in [0.4, 0.5) is 0 Å². The maximum absolute atomic E-state index is 11.2. The first-order valence-corrected chi connectivity index (χ1v) is 6.00. The van der Waals surface area contributed by atoms with Crippen LogP contribution in [0.15, 0.2) is 0 Å². The molecule has 0 unspecified atom stereocenters. The van der Waals surface area contributed by atoms with Crippen molar-refractivity contribution in [1.82, 2.24) is 9.80 Å². The Labute approximate surface area is 94.4 Å². The van der Waals surface area contributed by atoms with E-state index in [9.17, 15) is 4.79 Å². The standard InChI is InChI=1S/C8H16N2O.C4H10/c1-7(2)10-5-4-9(3)8(11)6-10;1-3-4-2/h7H,4-6H2,1-3H3;3-4H2,1-2H3. The molecule has 3 nitrogen and oxygen atoms in total. The summed E-state index contributed by atoms with van der Waals surface area (Å²) in [5.74, 6) is 0.241. The first-order chi connectivity index (χ1) is 7.02. The molecule has 1 aliphatic rings. The van der Waals surface area contributed by atoms with E-state index in [4.69, 9.17) is 0 Å². The number of nitrogens with zero attached hydrogens (tertiary/aromatic N) is 2. The van der Waals surface area contributed by atoms with Gasteiger partial charge in [-0.3, -0.25) is 9.69 Å². The van der Waals surface area contributed by atoms with Gasteiger partial charge in [0.1, 0.15) is 0 Å². The molecule has 0 bridgehead atoms. The molecule has 0 spiro atoms. The molecular weight excluding hydrogens is 188 g/mol. The number of piperazine rings is 1. The van der Waals surface area contributed by atoms with Gasteiger partial charge in [0.05, 0.1) is 6.54 Å². The van der Waals surface area contributed by atoms with Gasteiger partial charge in [-0.05, 0) is 13.8 Å². The number of hydrogen-bond donors (Lipinski definition) is 0. The first-order valence-electron chi connectivity index (χ1n) is 6.00. The van der Waals surface area contributed by atoms with Crippen LogP contribution in [0, 0.1) is 0 Å². The predicted molar refractivity (Wildman–Crippen MR) is 64.9 cm³/mol. The molecule has 90 valence electrons. The average Bonchev–Trinajstić information content (AvgIpc) is 2.22. The van der Waals surface area contributed by atoms with Crippen LogP contribution in [0.1, 0.15) is 40.5 Å². The number of unbranched alkanes of at least 4 members (excludes halogenated alkanes) is 1. The fraction of sp³-hybridized carbons (Fsp3) is 0.917. The molecule has 0 saturated carbocycles. The maximum Gasteiger partial charge on any atom is 0.236 e. The molecule has 0 aromatic heterocycles. The van der Waals surface area contributed by atoms with Crippen LogP contribution in [0.25, 0.3) is 0 Å². The van der Waals surface area contributed by atoms with Gasteiger partial charge in [0.2, 0.25) is 5.91 Å². The van der Waals surface area contributed by atoms with Gasteiger partial charge in [-0.1, -0.05) is 26.7 Å². The molecule has 0 atom stereocenters. The van der Waals surface area contributed by atoms with Gasteiger partial charge in [0, 0.05) is 26.2 Å². The number of amides is 1. The second kappa shape index (κ2) is 7.69. The lowest BCUT2D eigenvalue weighted by atomic mass is 10.2. The van der Waals surface area contributed by atoms with E-state index in [1.807, 2.05) is 7.05 Å². The summed E-state index contributed by atoms with van der Waals surface area (Å²) in [6, 6.07) is 0.493. The molecule has 1 amide bonds. The van der Waals surface area contributed by atoms with Gasteiger partial charge in [-0.15, -0.1) is 0 Å². The Bertz CT molecular complexity index is 178. The maximum atomic E-state index is 11.2. The highest BCUT2D eigenvalue weighted by Crippen LogP contribution is 2.04. The zero-order chi connectivity index (χ0) is 11.8. The van der Waals surface area contributed by atoms with Crippen molar-refractivity contribution < 1.29 is 4.79 Å². The summed E-state index contributed by atoms with van der Waals surface area (Å²) < 4.78 is 0. The molecule has 1 saturated heterocycles. The Morgan fingerprint density at radius 3 is 2.07 bits per heavy atom. The number of carbonyl (C=O) groups excluding carboxylic acids is 1. The van der Waals surface area contributed by atoms with Crippen LogP contribution >= 0.6 is 0 Å². The monoisotopic (exact) mass is 214 g/mol. The quantitative estimate of drug-likeness (QED) is 0.701. The van der Waals surface area contributed by atoms with Crippen molar-refractivity contribution in [2.45, 2.75) is 46.6 Å². The largest absolute Gasteiger partial charge is 0.343 e. The van der Waals surface area contributed by atoms with Gasteiger partial charge in [0.25, 0.3) is 0 Å². The minimum Gasteiger partial charge on any atom is -0.343 e. The van der Waals surface area contributed by atoms with Crippen molar-refractivity contribution in [2.75, 3.05) is 26.7 Å². The highest BCUT2D eigenvalue weighted by molar-refractivity contribution is 5.78. The minimum atomic E-state index is 0.241. The van der Waals surface area contributed by atoms with Crippen molar-refractivity contribution in [3.63, 3.8) is 0 Å². The molecule has 1 rings (SSSR count). The summed E-state index contributed by atoms with van der Waals surface area (Å²) in [6.45, 7) is 11.1. The third kappa shape index (κ3) is 5.78. The Morgan fingerprint density at radius 2 is 1.73 bits per heavy atom. The van der Waals surface area contributed by atoms with E-state index in [-0.39, 0.29) is 5.91 Å². The van der Waals surface area contributed by atoms with Crippen molar-refractivity contribution in [3.05, 3.63) is 0 Å². The zero-order valence-electron chi connectivity index (χ0n) is 10.9. The van der Waals surface area contributed by atoms with Crippen LogP contribution < -0.4 is 0 Å². The third-order valence-corrected chi connectivity index (χ3v) is 2.72. The van der Waals surface area contributed by atoms with Crippen LogP contribution in [-0.2, 0) is 4.79 Å². The van der Waals surface area contributed by atoms with E-state index in [1.165, 1.54) is 12.8 Å². The molecule has 3 heteroatoms. The van der Waals surface area contributed by atoms with Crippen molar-refractivity contribution in [3.8, 4) is 0 Å². The summed E-state index contributed by atoms with van der Waals surface area (Å²) in [4.78, 5) is 15.2. The number of likely N-dealkylation sites (N-methyl/N-ethyl adjacent to an activating group) is 1. The Kier molecular flexibility index (Phi) is 7.39. The lowest BCUT2D eigenvalue weighted by Crippen LogP contribution is -2.50. The molecule has 0 radical (unpaired) electrons. The normalized spacial score (nSPS) is 17.7. The number of rotatable bonds is 2. The molecule has 0 N–H and O–H groups in total. The smallest absolute Gasteiger partial charge is 0.236 e. The lowest BCUT2D eigenvalue weighted by Gasteiger charge is -2.34. The molecule has 1 fully saturated rings. The highest BCUT2D eigenvalue weighted by atomic mass is 16.2. The summed E-state index contributed by atoms with van der Waals surface area (Å²) in [5, 5.41) is 0. The van der Waals surface area contributed by atoms with E-state index in [0.29, 0.717) is 12.6 Å². The van der Waals surface area contributed by atoms with Crippen LogP contribution in [-0.4, -0.2) is 48.4 Å². The van der Waals surface area contributed by atoms with Crippen LogP contribution in [0.2, 0.25) is 0 Å². The molecule has 1 aliphatic heterocycles. The van der Waals surface area contributed by atoms with Gasteiger partial charge in [-0.2, -0.15) is 0 Å². The van der Waals surface area contributed by atoms with Crippen molar-refractivity contribution in [1.29, 1.82) is 0 Å². The van der Waals surface area contributed by atoms with Crippen molar-refractivity contribution in [2.24, 2.45) is 0 Å². The predicted octanol–water partition coefficient (Wildman–Crippen LogP) is 1.98. The second-order valence-corrected chi connectivity index (χ2v) is 4.38. The zero-order valence-corrected chi connectivity index (χ0v) is 10.9. The molecule has 0 aliphatic carbocycles. The van der Waals surface area contributed by atoms with E-state index in [2.05, 4.69) is 32.6 Å². The highest BCUT2D eigenvalue weighted by Gasteiger charge is 2.21. The van der Waals surface area contributed by atoms with Crippen molar-refractivity contribution >= 4 is 5.91 Å². The molecule has 0 aromatic carbocycles. The fourth-order valence-corrected chi connectivity index (χ4v) is 1.22. The Hall–Kier alpha value is -0.570. The summed E-state index contributed by atoms with van der Waals surface area (Å²) in [5.41, 5.74) is 0. The Morgan fingerprint density at radius 1 is 1.20 bits per heavy atom. The molecular formula is C12H26N2O. The molecule has 0 aromatic rings. The first kappa shape index (κ1) is 14.4. The van der Waals surface area contributed by atoms with E-state index in [1.54, 1.807) is 4.90 Å². The topological polar surface area (TPSA) is 23.6 Å². The van der Waals surface area contributed by atoms with Gasteiger partial charge in [0.15, 0.2) is 0 Å². The number of carbonyl (C=O) groups is 1. The minimum absolute atomic E-state index is 0.241. The summed E-state index contributed by atoms with van der Waals surface area (Å²) in [7, 11) is 1.86. The van der Waals surface area contributed by atoms with Gasteiger partial charge < -0.3 is 4.90 Å². The number of hydrogen-bond acceptors (Lipinski definition) is 2. The average molecular weight is 214 g/mol. The van der Waals surface area contributed by atoms with E-state index >= 15 is 0 Å². The fourth-order valence-electron chi connectivity index (χ4n) is 1.22. The third-order valence-electron chi connectivity index (χ3n) is 2.72. The molecule has 1 heterocycles. The second-order valence-electron chi connectivity index (χ2n) is 4.38.